The third kappa shape index (κ3) is 1.73. The molecule has 5 nitrogen and oxygen atoms in total. The molecule has 0 fully saturated rings. The molecule has 13 heavy (non-hydrogen) atoms. The molecule has 0 aliphatic heterocycles. The first kappa shape index (κ1) is 9.00. The Morgan fingerprint density at radius 3 is 2.77 bits per heavy atom. The Kier molecular flexibility index (Phi) is 2.45. The van der Waals surface area contributed by atoms with Gasteiger partial charge in [-0.2, -0.15) is 5.26 Å². The number of nitriles is 1. The fourth-order valence-electron chi connectivity index (χ4n) is 0.965. The largest absolute Gasteiger partial charge is 0.383 e. The second-order valence-electron chi connectivity index (χ2n) is 2.35. The van der Waals surface area contributed by atoms with E-state index in [1.54, 1.807) is 7.05 Å². The first-order chi connectivity index (χ1) is 6.19. The summed E-state index contributed by atoms with van der Waals surface area (Å²) in [6.07, 6.45) is 0. The molecular formula is C8H7N3O2. The summed E-state index contributed by atoms with van der Waals surface area (Å²) >= 11 is 0. The van der Waals surface area contributed by atoms with Crippen LogP contribution in [-0.2, 0) is 0 Å². The molecule has 0 unspecified atom stereocenters. The van der Waals surface area contributed by atoms with Crippen LogP contribution in [0.25, 0.3) is 0 Å². The van der Waals surface area contributed by atoms with Crippen molar-refractivity contribution in [2.45, 2.75) is 0 Å². The van der Waals surface area contributed by atoms with E-state index in [4.69, 9.17) is 5.26 Å². The molecule has 0 amide bonds. The average Bonchev–Trinajstić information content (AvgIpc) is 2.16. The Hall–Kier alpha value is -2.09. The maximum absolute atomic E-state index is 10.5. The summed E-state index contributed by atoms with van der Waals surface area (Å²) in [4.78, 5) is 9.97. The summed E-state index contributed by atoms with van der Waals surface area (Å²) in [7, 11) is 1.57. The van der Waals surface area contributed by atoms with Crippen LogP contribution in [0.4, 0.5) is 11.4 Å². The van der Waals surface area contributed by atoms with Crippen molar-refractivity contribution >= 4 is 11.4 Å². The number of hydrogen-bond acceptors (Lipinski definition) is 4. The Balaban J connectivity index is 3.25. The highest BCUT2D eigenvalue weighted by atomic mass is 16.6. The van der Waals surface area contributed by atoms with Gasteiger partial charge in [0.05, 0.1) is 16.6 Å². The van der Waals surface area contributed by atoms with E-state index in [-0.39, 0.29) is 5.69 Å². The van der Waals surface area contributed by atoms with E-state index >= 15 is 0 Å². The van der Waals surface area contributed by atoms with Crippen molar-refractivity contribution in [1.29, 1.82) is 5.26 Å². The van der Waals surface area contributed by atoms with Crippen LogP contribution in [0.5, 0.6) is 0 Å². The van der Waals surface area contributed by atoms with E-state index in [0.29, 0.717) is 11.3 Å². The minimum Gasteiger partial charge on any atom is -0.383 e. The number of nitro benzene ring substituents is 1. The zero-order valence-electron chi connectivity index (χ0n) is 6.94. The lowest BCUT2D eigenvalue weighted by Crippen LogP contribution is -1.96. The summed E-state index contributed by atoms with van der Waals surface area (Å²) in [5, 5.41) is 21.7. The smallest absolute Gasteiger partial charge is 0.292 e. The van der Waals surface area contributed by atoms with Crippen LogP contribution in [0, 0.1) is 21.4 Å². The van der Waals surface area contributed by atoms with Crippen LogP contribution < -0.4 is 5.32 Å². The second-order valence-corrected chi connectivity index (χ2v) is 2.35. The number of nitro groups is 1. The average molecular weight is 177 g/mol. The number of hydrogen-bond donors (Lipinski definition) is 1. The summed E-state index contributed by atoms with van der Waals surface area (Å²) in [5.41, 5.74) is 0.723. The first-order valence-corrected chi connectivity index (χ1v) is 3.55. The van der Waals surface area contributed by atoms with Gasteiger partial charge in [-0.25, -0.2) is 0 Å². The van der Waals surface area contributed by atoms with Gasteiger partial charge in [-0.05, 0) is 12.1 Å². The molecular weight excluding hydrogens is 170 g/mol. The van der Waals surface area contributed by atoms with Crippen molar-refractivity contribution in [2.24, 2.45) is 0 Å². The minimum atomic E-state index is -0.493. The lowest BCUT2D eigenvalue weighted by atomic mass is 10.2. The van der Waals surface area contributed by atoms with E-state index in [9.17, 15) is 10.1 Å². The van der Waals surface area contributed by atoms with E-state index in [1.807, 2.05) is 6.07 Å². The van der Waals surface area contributed by atoms with Gasteiger partial charge in [0.1, 0.15) is 5.69 Å². The highest BCUT2D eigenvalue weighted by Crippen LogP contribution is 2.24. The summed E-state index contributed by atoms with van der Waals surface area (Å²) in [5.74, 6) is 0. The molecule has 0 aromatic heterocycles. The molecule has 0 saturated carbocycles. The van der Waals surface area contributed by atoms with Crippen LogP contribution in [0.2, 0.25) is 0 Å². The minimum absolute atomic E-state index is 0.0264. The topological polar surface area (TPSA) is 79.0 Å². The highest BCUT2D eigenvalue weighted by Gasteiger charge is 2.12. The maximum Gasteiger partial charge on any atom is 0.292 e. The van der Waals surface area contributed by atoms with Gasteiger partial charge in [-0.15, -0.1) is 0 Å². The second kappa shape index (κ2) is 3.54. The third-order valence-corrected chi connectivity index (χ3v) is 1.59. The fourth-order valence-corrected chi connectivity index (χ4v) is 0.965. The van der Waals surface area contributed by atoms with Crippen molar-refractivity contribution in [3.8, 4) is 6.07 Å². The van der Waals surface area contributed by atoms with Gasteiger partial charge in [-0.3, -0.25) is 10.1 Å². The van der Waals surface area contributed by atoms with Gasteiger partial charge in [0.2, 0.25) is 0 Å². The van der Waals surface area contributed by atoms with E-state index in [1.165, 1.54) is 18.2 Å². The van der Waals surface area contributed by atoms with Crippen molar-refractivity contribution in [1.82, 2.24) is 0 Å². The summed E-state index contributed by atoms with van der Waals surface area (Å²) < 4.78 is 0. The molecule has 1 rings (SSSR count). The highest BCUT2D eigenvalue weighted by molar-refractivity contribution is 5.63. The van der Waals surface area contributed by atoms with Crippen molar-refractivity contribution in [3.63, 3.8) is 0 Å². The Morgan fingerprint density at radius 1 is 1.62 bits per heavy atom. The molecule has 1 N–H and O–H groups in total. The first-order valence-electron chi connectivity index (χ1n) is 3.55. The Morgan fingerprint density at radius 2 is 2.31 bits per heavy atom. The van der Waals surface area contributed by atoms with Crippen LogP contribution >= 0.6 is 0 Å². The maximum atomic E-state index is 10.5. The summed E-state index contributed by atoms with van der Waals surface area (Å²) in [6, 6.07) is 6.07. The lowest BCUT2D eigenvalue weighted by Gasteiger charge is -2.00. The van der Waals surface area contributed by atoms with Crippen LogP contribution in [0.3, 0.4) is 0 Å². The monoisotopic (exact) mass is 177 g/mol. The van der Waals surface area contributed by atoms with Crippen molar-refractivity contribution < 1.29 is 4.92 Å². The molecule has 0 aliphatic rings. The van der Waals surface area contributed by atoms with Gasteiger partial charge in [-0.1, -0.05) is 0 Å². The molecule has 0 saturated heterocycles. The number of nitrogens with one attached hydrogen (secondary N) is 1. The number of anilines is 1. The van der Waals surface area contributed by atoms with Gasteiger partial charge >= 0.3 is 0 Å². The molecule has 0 spiro atoms. The zero-order chi connectivity index (χ0) is 9.84. The van der Waals surface area contributed by atoms with Gasteiger partial charge in [0, 0.05) is 13.1 Å². The number of nitrogens with zero attached hydrogens (tertiary/aromatic N) is 2. The molecule has 0 atom stereocenters. The summed E-state index contributed by atoms with van der Waals surface area (Å²) in [6.45, 7) is 0. The molecule has 0 bridgehead atoms. The standard InChI is InChI=1S/C8H7N3O2/c1-10-7-4-6(5-9)2-3-8(7)11(12)13/h2-4,10H,1H3. The zero-order valence-corrected chi connectivity index (χ0v) is 6.94. The predicted molar refractivity (Wildman–Crippen MR) is 47.4 cm³/mol. The molecule has 0 aliphatic carbocycles. The SMILES string of the molecule is CNc1cc(C#N)ccc1[N+](=O)[O-]. The van der Waals surface area contributed by atoms with E-state index in [0.717, 1.165) is 0 Å². The fraction of sp³-hybridized carbons (Fsp3) is 0.125. The third-order valence-electron chi connectivity index (χ3n) is 1.59. The normalized spacial score (nSPS) is 8.92. The van der Waals surface area contributed by atoms with Crippen LogP contribution in [0.15, 0.2) is 18.2 Å². The quantitative estimate of drug-likeness (QED) is 0.548. The molecule has 0 radical (unpaired) electrons. The van der Waals surface area contributed by atoms with Crippen molar-refractivity contribution in [2.75, 3.05) is 12.4 Å². The van der Waals surface area contributed by atoms with E-state index in [2.05, 4.69) is 5.32 Å². The van der Waals surface area contributed by atoms with Gasteiger partial charge < -0.3 is 5.32 Å². The number of rotatable bonds is 2. The Labute approximate surface area is 74.8 Å². The molecule has 0 heterocycles. The van der Waals surface area contributed by atoms with Crippen LogP contribution in [-0.4, -0.2) is 12.0 Å². The molecule has 5 heteroatoms. The number of benzene rings is 1. The predicted octanol–water partition coefficient (Wildman–Crippen LogP) is 1.51. The van der Waals surface area contributed by atoms with Gasteiger partial charge in [0.25, 0.3) is 5.69 Å². The van der Waals surface area contributed by atoms with Crippen LogP contribution in [0.1, 0.15) is 5.56 Å². The van der Waals surface area contributed by atoms with Gasteiger partial charge in [0.15, 0.2) is 0 Å². The lowest BCUT2D eigenvalue weighted by molar-refractivity contribution is -0.383. The Bertz CT molecular complexity index is 381. The molecule has 1 aromatic carbocycles. The van der Waals surface area contributed by atoms with Crippen molar-refractivity contribution in [3.05, 3.63) is 33.9 Å². The molecule has 66 valence electrons. The van der Waals surface area contributed by atoms with E-state index < -0.39 is 4.92 Å². The molecule has 1 aromatic rings.